The number of H-pyrrole nitrogens is 4. The number of aliphatic hydroxyl groups excluding tert-OH is 2. The van der Waals surface area contributed by atoms with Crippen LogP contribution in [0, 0.1) is 41.2 Å². The Morgan fingerprint density at radius 1 is 0.684 bits per heavy atom. The van der Waals surface area contributed by atoms with Crippen molar-refractivity contribution in [2.75, 3.05) is 33.0 Å². The molecule has 0 radical (unpaired) electrons. The first-order valence-corrected chi connectivity index (χ1v) is 32.4. The number of halogens is 2. The average Bonchev–Trinajstić information content (AvgIpc) is 1.67. The highest BCUT2D eigenvalue weighted by Crippen LogP contribution is 2.55. The van der Waals surface area contributed by atoms with E-state index < -0.39 is 185 Å². The van der Waals surface area contributed by atoms with Crippen molar-refractivity contribution >= 4 is 27.5 Å². The van der Waals surface area contributed by atoms with Crippen molar-refractivity contribution in [2.24, 2.45) is 0 Å². The van der Waals surface area contributed by atoms with Crippen LogP contribution in [-0.2, 0) is 71.6 Å². The third kappa shape index (κ3) is 18.0. The Bertz CT molecular complexity index is 4240. The highest BCUT2D eigenvalue weighted by atomic mass is 31.2. The number of aromatic nitrogens is 8. The molecule has 4 aliphatic heterocycles. The van der Waals surface area contributed by atoms with Gasteiger partial charge in [-0.25, -0.2) is 43.7 Å². The van der Waals surface area contributed by atoms with E-state index in [1.54, 1.807) is 6.92 Å². The molecule has 16 unspecified atom stereocenters. The molecular weight excluding hydrogens is 1310 g/mol. The van der Waals surface area contributed by atoms with Crippen LogP contribution >= 0.6 is 15.6 Å². The molecule has 0 bridgehead atoms. The van der Waals surface area contributed by atoms with Gasteiger partial charge in [0.1, 0.15) is 55.7 Å². The minimum atomic E-state index is -5.05. The number of esters is 1. The van der Waals surface area contributed by atoms with Crippen molar-refractivity contribution in [3.8, 4) is 0 Å². The summed E-state index contributed by atoms with van der Waals surface area (Å²) in [5.74, 6) is -1.20. The second-order valence-electron chi connectivity index (χ2n) is 22.4. The van der Waals surface area contributed by atoms with Crippen molar-refractivity contribution in [3.05, 3.63) is 177 Å². The number of amides is 1. The van der Waals surface area contributed by atoms with Crippen molar-refractivity contribution in [3.63, 3.8) is 0 Å². The molecule has 4 aliphatic rings. The largest absolute Gasteiger partial charge is 0.475 e. The van der Waals surface area contributed by atoms with Crippen LogP contribution in [0.15, 0.2) is 87.4 Å². The number of aryl methyl sites for hydroxylation is 4. The number of alkyl halides is 2. The van der Waals surface area contributed by atoms with Gasteiger partial charge < -0.3 is 49.0 Å². The van der Waals surface area contributed by atoms with Gasteiger partial charge in [0.25, 0.3) is 22.2 Å². The number of nitrogens with zero attached hydrogens (tertiary/aromatic N) is 5. The zero-order valence-corrected chi connectivity index (χ0v) is 53.5. The zero-order valence-electron chi connectivity index (χ0n) is 51.7. The van der Waals surface area contributed by atoms with Gasteiger partial charge in [-0.1, -0.05) is 19.1 Å². The summed E-state index contributed by atoms with van der Waals surface area (Å²) in [4.78, 5) is 143. The van der Waals surface area contributed by atoms with Crippen LogP contribution in [0.25, 0.3) is 4.85 Å². The van der Waals surface area contributed by atoms with E-state index in [-0.39, 0.29) is 56.3 Å². The summed E-state index contributed by atoms with van der Waals surface area (Å²) in [6, 6.07) is 5.87. The summed E-state index contributed by atoms with van der Waals surface area (Å²) in [6.45, 7) is 14.9. The first kappa shape index (κ1) is 73.0. The average molecular weight is 1380 g/mol. The number of carbonyl (C=O) groups is 2. The molecule has 0 aliphatic carbocycles. The van der Waals surface area contributed by atoms with Crippen LogP contribution < -0.4 is 50.3 Å². The lowest BCUT2D eigenvalue weighted by molar-refractivity contribution is -0.154. The molecule has 4 aromatic heterocycles. The Morgan fingerprint density at radius 2 is 1.20 bits per heavy atom. The van der Waals surface area contributed by atoms with Crippen LogP contribution in [0.4, 0.5) is 8.78 Å². The van der Waals surface area contributed by atoms with E-state index in [1.807, 2.05) is 42.9 Å². The summed E-state index contributed by atoms with van der Waals surface area (Å²) in [5.41, 5.74) is -1.64. The van der Waals surface area contributed by atoms with Gasteiger partial charge in [-0.15, -0.1) is 0 Å². The van der Waals surface area contributed by atoms with Gasteiger partial charge in [0, 0.05) is 73.9 Å². The molecule has 518 valence electrons. The smallest absolute Gasteiger partial charge is 0.459 e. The minimum absolute atomic E-state index is 0.110. The molecule has 1 amide bonds. The van der Waals surface area contributed by atoms with Crippen molar-refractivity contribution in [2.45, 2.75) is 166 Å². The molecular formula is C56H70F2N10O25P2. The van der Waals surface area contributed by atoms with E-state index in [9.17, 15) is 72.2 Å². The summed E-state index contributed by atoms with van der Waals surface area (Å²) in [5, 5.41) is 22.6. The highest BCUT2D eigenvalue weighted by molar-refractivity contribution is 7.48. The lowest BCUT2D eigenvalue weighted by Crippen LogP contribution is -2.36. The zero-order chi connectivity index (χ0) is 69.4. The normalized spacial score (nSPS) is 26.8. The van der Waals surface area contributed by atoms with E-state index in [2.05, 4.69) is 20.1 Å². The van der Waals surface area contributed by atoms with Crippen LogP contribution in [0.1, 0.15) is 97.3 Å². The van der Waals surface area contributed by atoms with E-state index in [4.69, 9.17) is 52.9 Å². The minimum Gasteiger partial charge on any atom is -0.459 e. The number of aromatic amines is 4. The lowest BCUT2D eigenvalue weighted by Gasteiger charge is -2.26. The number of hydrogen-bond donors (Lipinski definition) is 8. The quantitative estimate of drug-likeness (QED) is 0.0170. The first-order valence-electron chi connectivity index (χ1n) is 29.5. The fourth-order valence-corrected chi connectivity index (χ4v) is 12.9. The molecule has 39 heteroatoms. The van der Waals surface area contributed by atoms with Gasteiger partial charge >= 0.3 is 44.4 Å². The third-order valence-electron chi connectivity index (χ3n) is 15.7. The third-order valence-corrected chi connectivity index (χ3v) is 18.2. The van der Waals surface area contributed by atoms with E-state index >= 15 is 8.78 Å². The van der Waals surface area contributed by atoms with Crippen LogP contribution in [0.2, 0.25) is 0 Å². The van der Waals surface area contributed by atoms with Gasteiger partial charge in [0.15, 0.2) is 24.8 Å². The molecule has 0 spiro atoms. The number of hydrogen-bond acceptors (Lipinski definition) is 24. The number of phosphoric acid groups is 2. The molecule has 95 heavy (non-hydrogen) atoms. The number of nitrogens with one attached hydrogen (secondary N) is 5. The second-order valence-corrected chi connectivity index (χ2v) is 25.4. The number of phosphoric ester groups is 2. The summed E-state index contributed by atoms with van der Waals surface area (Å²) in [6.07, 6.45) is -16.9. The molecule has 4 fully saturated rings. The highest BCUT2D eigenvalue weighted by Gasteiger charge is 2.53. The molecule has 1 aromatic carbocycles. The maximum atomic E-state index is 16.0. The summed E-state index contributed by atoms with van der Waals surface area (Å²) >= 11 is 0. The van der Waals surface area contributed by atoms with Crippen molar-refractivity contribution < 1.29 is 88.9 Å². The van der Waals surface area contributed by atoms with Gasteiger partial charge in [-0.3, -0.25) is 89.6 Å². The summed E-state index contributed by atoms with van der Waals surface area (Å²) in [7, 11) is -9.86. The predicted molar refractivity (Wildman–Crippen MR) is 321 cm³/mol. The second kappa shape index (κ2) is 31.4. The van der Waals surface area contributed by atoms with Crippen molar-refractivity contribution in [1.29, 1.82) is 0 Å². The lowest BCUT2D eigenvalue weighted by atomic mass is 10.0. The summed E-state index contributed by atoms with van der Waals surface area (Å²) < 4.78 is 116. The molecule has 8 heterocycles. The van der Waals surface area contributed by atoms with Crippen LogP contribution in [0.5, 0.6) is 0 Å². The topological polar surface area (TPSA) is 457 Å². The number of benzene rings is 1. The number of ether oxygens (including phenoxy) is 5. The van der Waals surface area contributed by atoms with Crippen LogP contribution in [0.3, 0.4) is 0 Å². The van der Waals surface area contributed by atoms with Gasteiger partial charge in [-0.05, 0) is 63.3 Å². The van der Waals surface area contributed by atoms with E-state index in [1.165, 1.54) is 26.2 Å². The molecule has 4 saturated heterocycles. The van der Waals surface area contributed by atoms with Gasteiger partial charge in [-0.2, -0.15) is 0 Å². The fraction of sp³-hybridized carbons (Fsp3) is 0.554. The molecule has 8 N–H and O–H groups in total. The fourth-order valence-electron chi connectivity index (χ4n) is 10.5. The maximum Gasteiger partial charge on any atom is 0.475 e. The van der Waals surface area contributed by atoms with E-state index in [0.29, 0.717) is 4.57 Å². The van der Waals surface area contributed by atoms with E-state index in [0.717, 1.165) is 60.5 Å². The van der Waals surface area contributed by atoms with Gasteiger partial charge in [0.05, 0.1) is 38.4 Å². The first-order chi connectivity index (χ1) is 44.9. The van der Waals surface area contributed by atoms with Gasteiger partial charge in [0.2, 0.25) is 12.5 Å². The predicted octanol–water partition coefficient (Wildman–Crippen LogP) is 0.481. The Kier molecular flexibility index (Phi) is 24.1. The standard InChI is InChI=1S/C37H46FN6O13P.C19H24FN4O12P/c1-7-25-33(32(38)35(56-25)43-12-10-29(46)41-36(43)49)57-58(51,52-13-11-39-6)53-19-27-26(16-30(54-27)44-18-22(4)34(48)42-37(44)50)55-31(47)9-8-28(45)40-17-24-14-20(2)23(5)21(3)15-24;1-8-5-24(19(30)22-16(8)28)13-4-9(26)11(34-13)7-33-37(31,32)36-15-10(6-25)35-17(14(15)20)23-3-2-12(27)21-18(23)29/h10,12,14-15,18,25-27,30,32-33,35H,7-9,11,13,16-17,19H2,1-5H3,(H,40,45)(H,41,46,49)(H,42,48,50);2-3,5,9-11,13-15,17,25-26H,4,6-7H2,1H3,(H,31,32)(H,21,27,29)(H,22,28,30). The molecule has 16 atom stereocenters. The number of rotatable bonds is 25. The SMILES string of the molecule is Cc1cn(C2CC(O)C(COP(=O)(O)OC3C(CO)OC(n4ccc(=O)[nH]c4=O)C3F)O2)c(=O)[nH]c1=O.[C-]#[N+]CCOP(=O)(OCC1OC(n2cc(C)c(=O)[nH]c2=O)CC1OC(=O)CCC(=O)NCc1cc(C)c(C)c(C)c1)OC1C(CC)OC(n2ccc(=O)[nH]c2=O)C1F. The maximum absolute atomic E-state index is 16.0. The Morgan fingerprint density at radius 3 is 1.74 bits per heavy atom. The Balaban J connectivity index is 0.000000268. The van der Waals surface area contributed by atoms with Crippen LogP contribution in [-0.4, -0.2) is 159 Å². The molecule has 5 aromatic rings. The molecule has 0 saturated carbocycles. The molecule has 9 rings (SSSR count). The number of carbonyl (C=O) groups excluding carboxylic acids is 2. The van der Waals surface area contributed by atoms with Crippen molar-refractivity contribution in [1.82, 2.24) is 43.5 Å². The Hall–Kier alpha value is -7.79. The number of aliphatic hydroxyl groups is 2. The molecule has 35 nitrogen and oxygen atoms in total. The monoisotopic (exact) mass is 1380 g/mol. The Labute approximate surface area is 534 Å².